The van der Waals surface area contributed by atoms with Crippen molar-refractivity contribution in [2.24, 2.45) is 0 Å². The third-order valence-corrected chi connectivity index (χ3v) is 6.48. The number of aryl methyl sites for hydroxylation is 1. The number of nitrogens with zero attached hydrogens (tertiary/aromatic N) is 1. The third-order valence-electron chi connectivity index (χ3n) is 5.26. The lowest BCUT2D eigenvalue weighted by molar-refractivity contribution is 0.665. The van der Waals surface area contributed by atoms with Crippen LogP contribution in [0.4, 0.5) is 0 Å². The van der Waals surface area contributed by atoms with Gasteiger partial charge in [0.1, 0.15) is 11.2 Å². The molecule has 6 rings (SSSR count). The number of para-hydroxylation sites is 1. The molecule has 128 valence electrons. The van der Waals surface area contributed by atoms with Crippen molar-refractivity contribution in [2.45, 2.75) is 6.92 Å². The quantitative estimate of drug-likeness (QED) is 0.305. The maximum absolute atomic E-state index is 6.18. The number of pyridine rings is 1. The molecule has 6 aromatic rings. The first kappa shape index (κ1) is 14.9. The first-order valence-corrected chi connectivity index (χ1v) is 9.80. The first-order chi connectivity index (χ1) is 13.3. The monoisotopic (exact) mass is 365 g/mol. The Morgan fingerprint density at radius 2 is 1.63 bits per heavy atom. The third kappa shape index (κ3) is 2.09. The van der Waals surface area contributed by atoms with Crippen LogP contribution in [0.3, 0.4) is 0 Å². The molecule has 0 fully saturated rings. The van der Waals surface area contributed by atoms with Gasteiger partial charge in [0.2, 0.25) is 0 Å². The molecular weight excluding hydrogens is 350 g/mol. The van der Waals surface area contributed by atoms with Crippen LogP contribution in [0.15, 0.2) is 77.3 Å². The molecule has 0 saturated heterocycles. The van der Waals surface area contributed by atoms with E-state index in [9.17, 15) is 0 Å². The summed E-state index contributed by atoms with van der Waals surface area (Å²) in [6.07, 6.45) is 1.95. The van der Waals surface area contributed by atoms with Crippen LogP contribution < -0.4 is 0 Å². The molecule has 0 aliphatic rings. The van der Waals surface area contributed by atoms with E-state index in [4.69, 9.17) is 9.40 Å². The molecule has 0 aliphatic carbocycles. The lowest BCUT2D eigenvalue weighted by Gasteiger charge is -2.02. The minimum Gasteiger partial charge on any atom is -0.456 e. The Balaban J connectivity index is 1.65. The van der Waals surface area contributed by atoms with Crippen LogP contribution in [0.5, 0.6) is 0 Å². The van der Waals surface area contributed by atoms with Crippen molar-refractivity contribution in [3.05, 3.63) is 78.5 Å². The van der Waals surface area contributed by atoms with Crippen LogP contribution in [-0.4, -0.2) is 4.98 Å². The fraction of sp³-hybridized carbons (Fsp3) is 0.0417. The number of hydrogen-bond donors (Lipinski definition) is 0. The van der Waals surface area contributed by atoms with Gasteiger partial charge in [-0.1, -0.05) is 54.6 Å². The number of fused-ring (bicyclic) bond motifs is 6. The zero-order valence-electron chi connectivity index (χ0n) is 14.7. The highest BCUT2D eigenvalue weighted by atomic mass is 32.1. The van der Waals surface area contributed by atoms with Crippen molar-refractivity contribution in [3.8, 4) is 11.3 Å². The van der Waals surface area contributed by atoms with Crippen LogP contribution >= 0.6 is 11.3 Å². The van der Waals surface area contributed by atoms with Gasteiger partial charge in [0.25, 0.3) is 0 Å². The van der Waals surface area contributed by atoms with E-state index in [0.29, 0.717) is 0 Å². The molecule has 0 amide bonds. The Kier molecular flexibility index (Phi) is 3.00. The molecule has 0 saturated carbocycles. The Morgan fingerprint density at radius 3 is 2.59 bits per heavy atom. The summed E-state index contributed by atoms with van der Waals surface area (Å²) >= 11 is 1.83. The smallest absolute Gasteiger partial charge is 0.139 e. The highest BCUT2D eigenvalue weighted by molar-refractivity contribution is 7.26. The SMILES string of the molecule is Cc1cccc2c1oc1cc(-c3cccc4c3sc3ccccc34)ncc12. The lowest BCUT2D eigenvalue weighted by Crippen LogP contribution is -1.83. The molecule has 2 nitrogen and oxygen atoms in total. The van der Waals surface area contributed by atoms with E-state index < -0.39 is 0 Å². The number of thiophene rings is 1. The summed E-state index contributed by atoms with van der Waals surface area (Å²) in [4.78, 5) is 4.80. The fourth-order valence-electron chi connectivity index (χ4n) is 3.93. The summed E-state index contributed by atoms with van der Waals surface area (Å²) in [5.74, 6) is 0. The zero-order valence-corrected chi connectivity index (χ0v) is 15.5. The number of aromatic nitrogens is 1. The van der Waals surface area contributed by atoms with Gasteiger partial charge in [-0.05, 0) is 18.6 Å². The van der Waals surface area contributed by atoms with Gasteiger partial charge in [-0.15, -0.1) is 11.3 Å². The van der Waals surface area contributed by atoms with Gasteiger partial charge in [-0.2, -0.15) is 0 Å². The Morgan fingerprint density at radius 1 is 0.815 bits per heavy atom. The predicted octanol–water partition coefficient (Wildman–Crippen LogP) is 7.32. The molecule has 0 aliphatic heterocycles. The molecule has 3 aromatic heterocycles. The van der Waals surface area contributed by atoms with Gasteiger partial charge in [0.15, 0.2) is 0 Å². The van der Waals surface area contributed by atoms with Crippen LogP contribution in [0, 0.1) is 6.92 Å². The summed E-state index contributed by atoms with van der Waals surface area (Å²) in [7, 11) is 0. The average molecular weight is 365 g/mol. The maximum atomic E-state index is 6.18. The van der Waals surface area contributed by atoms with Crippen molar-refractivity contribution in [3.63, 3.8) is 0 Å². The van der Waals surface area contributed by atoms with Crippen molar-refractivity contribution in [1.82, 2.24) is 4.98 Å². The molecule has 0 atom stereocenters. The van der Waals surface area contributed by atoms with E-state index in [0.717, 1.165) is 38.8 Å². The van der Waals surface area contributed by atoms with E-state index in [1.807, 2.05) is 17.5 Å². The second-order valence-corrected chi connectivity index (χ2v) is 7.95. The Bertz CT molecular complexity index is 1490. The normalized spacial score (nSPS) is 11.9. The van der Waals surface area contributed by atoms with E-state index >= 15 is 0 Å². The van der Waals surface area contributed by atoms with Crippen molar-refractivity contribution >= 4 is 53.4 Å². The Labute approximate surface area is 159 Å². The van der Waals surface area contributed by atoms with Crippen molar-refractivity contribution in [2.75, 3.05) is 0 Å². The largest absolute Gasteiger partial charge is 0.456 e. The number of hydrogen-bond acceptors (Lipinski definition) is 3. The van der Waals surface area contributed by atoms with E-state index in [-0.39, 0.29) is 0 Å². The minimum absolute atomic E-state index is 0.891. The predicted molar refractivity (Wildman–Crippen MR) is 115 cm³/mol. The second-order valence-electron chi connectivity index (χ2n) is 6.90. The summed E-state index contributed by atoms with van der Waals surface area (Å²) in [5, 5.41) is 4.79. The van der Waals surface area contributed by atoms with Gasteiger partial charge in [0, 0.05) is 48.8 Å². The molecule has 0 N–H and O–H groups in total. The number of furan rings is 1. The van der Waals surface area contributed by atoms with E-state index in [1.54, 1.807) is 0 Å². The van der Waals surface area contributed by atoms with Crippen LogP contribution in [-0.2, 0) is 0 Å². The van der Waals surface area contributed by atoms with Crippen LogP contribution in [0.2, 0.25) is 0 Å². The van der Waals surface area contributed by atoms with Gasteiger partial charge in [-0.25, -0.2) is 0 Å². The molecule has 0 bridgehead atoms. The van der Waals surface area contributed by atoms with Crippen LogP contribution in [0.25, 0.3) is 53.4 Å². The molecule has 0 radical (unpaired) electrons. The molecule has 3 heteroatoms. The molecule has 0 spiro atoms. The topological polar surface area (TPSA) is 26.0 Å². The number of rotatable bonds is 1. The highest BCUT2D eigenvalue weighted by Crippen LogP contribution is 2.40. The highest BCUT2D eigenvalue weighted by Gasteiger charge is 2.14. The molecule has 3 aromatic carbocycles. The van der Waals surface area contributed by atoms with Gasteiger partial charge in [0.05, 0.1) is 5.69 Å². The average Bonchev–Trinajstić information content (AvgIpc) is 3.26. The first-order valence-electron chi connectivity index (χ1n) is 8.98. The number of benzene rings is 3. The van der Waals surface area contributed by atoms with E-state index in [2.05, 4.69) is 73.7 Å². The standard InChI is InChI=1S/C24H15NOS/c1-14-6-4-8-16-19-13-25-20(12-21(19)26-23(14)16)18-10-5-9-17-15-7-2-3-11-22(15)27-24(17)18/h2-13H,1H3. The van der Waals surface area contributed by atoms with Crippen LogP contribution in [0.1, 0.15) is 5.56 Å². The minimum atomic E-state index is 0.891. The second kappa shape index (κ2) is 5.41. The lowest BCUT2D eigenvalue weighted by atomic mass is 10.1. The summed E-state index contributed by atoms with van der Waals surface area (Å²) < 4.78 is 8.76. The zero-order chi connectivity index (χ0) is 18.0. The van der Waals surface area contributed by atoms with E-state index in [1.165, 1.54) is 20.2 Å². The van der Waals surface area contributed by atoms with Gasteiger partial charge < -0.3 is 4.42 Å². The summed E-state index contributed by atoms with van der Waals surface area (Å²) in [6, 6.07) is 23.4. The Hall–Kier alpha value is -3.17. The van der Waals surface area contributed by atoms with Crippen molar-refractivity contribution < 1.29 is 4.42 Å². The molecule has 3 heterocycles. The summed E-state index contributed by atoms with van der Waals surface area (Å²) in [5.41, 5.74) is 5.11. The molecule has 27 heavy (non-hydrogen) atoms. The van der Waals surface area contributed by atoms with Gasteiger partial charge in [-0.3, -0.25) is 4.98 Å². The molecular formula is C24H15NOS. The fourth-order valence-corrected chi connectivity index (χ4v) is 5.15. The maximum Gasteiger partial charge on any atom is 0.139 e. The molecule has 0 unspecified atom stereocenters. The van der Waals surface area contributed by atoms with Gasteiger partial charge >= 0.3 is 0 Å². The summed E-state index contributed by atoms with van der Waals surface area (Å²) in [6.45, 7) is 2.08. The van der Waals surface area contributed by atoms with Crippen molar-refractivity contribution in [1.29, 1.82) is 0 Å².